The molecule has 0 N–H and O–H groups in total. The van der Waals surface area contributed by atoms with Crippen molar-refractivity contribution in [2.75, 3.05) is 0 Å². The minimum atomic E-state index is -5.80. The second kappa shape index (κ2) is 7.25. The zero-order valence-electron chi connectivity index (χ0n) is 12.7. The van der Waals surface area contributed by atoms with E-state index < -0.39 is 91.6 Å². The van der Waals surface area contributed by atoms with Gasteiger partial charge in [0.25, 0.3) is 0 Å². The molecule has 0 spiro atoms. The molecule has 0 amide bonds. The van der Waals surface area contributed by atoms with Crippen molar-refractivity contribution in [3.05, 3.63) is 69.3 Å². The smallest absolute Gasteiger partial charge is 0.203 e. The Hall–Kier alpha value is -2.19. The molecule has 15 heteroatoms. The summed E-state index contributed by atoms with van der Waals surface area (Å²) in [5.74, 6) is -30.7. The van der Waals surface area contributed by atoms with Gasteiger partial charge in [-0.2, -0.15) is 17.6 Å². The fourth-order valence-corrected chi connectivity index (χ4v) is 2.87. The topological polar surface area (TPSA) is 0 Å². The first-order valence-electron chi connectivity index (χ1n) is 6.55. The highest BCUT2D eigenvalue weighted by atomic mass is 32.2. The number of alkyl halides is 4. The van der Waals surface area contributed by atoms with Crippen molar-refractivity contribution in [1.82, 2.24) is 0 Å². The van der Waals surface area contributed by atoms with E-state index in [2.05, 4.69) is 0 Å². The lowest BCUT2D eigenvalue weighted by Crippen LogP contribution is -2.26. The Morgan fingerprint density at radius 1 is 0.345 bits per heavy atom. The van der Waals surface area contributed by atoms with E-state index in [0.717, 1.165) is 0 Å². The highest BCUT2D eigenvalue weighted by molar-refractivity contribution is 8.00. The lowest BCUT2D eigenvalue weighted by Gasteiger charge is -2.24. The maximum atomic E-state index is 13.9. The molecule has 0 saturated heterocycles. The number of halogens is 14. The van der Waals surface area contributed by atoms with Crippen LogP contribution in [0.15, 0.2) is 0 Å². The van der Waals surface area contributed by atoms with Crippen LogP contribution in [0.2, 0.25) is 0 Å². The molecule has 0 aromatic heterocycles. The average Bonchev–Trinajstić information content (AvgIpc) is 2.60. The number of thioether (sulfide) groups is 1. The molecule has 0 bridgehead atoms. The molecule has 2 aromatic rings. The summed E-state index contributed by atoms with van der Waals surface area (Å²) in [5, 5.41) is -11.6. The summed E-state index contributed by atoms with van der Waals surface area (Å²) in [4.78, 5) is 0. The van der Waals surface area contributed by atoms with E-state index in [1.165, 1.54) is 0 Å². The van der Waals surface area contributed by atoms with E-state index in [-0.39, 0.29) is 0 Å². The van der Waals surface area contributed by atoms with Crippen LogP contribution in [0.4, 0.5) is 61.5 Å². The van der Waals surface area contributed by atoms with Crippen molar-refractivity contribution in [3.63, 3.8) is 0 Å². The summed E-state index contributed by atoms with van der Waals surface area (Å²) in [6, 6.07) is 0. The van der Waals surface area contributed by atoms with Crippen LogP contribution in [0, 0.1) is 58.2 Å². The number of hydrogen-bond acceptors (Lipinski definition) is 1. The van der Waals surface area contributed by atoms with Crippen molar-refractivity contribution < 1.29 is 61.5 Å². The summed E-state index contributed by atoms with van der Waals surface area (Å²) in [6.45, 7) is 0. The molecule has 0 aliphatic heterocycles. The monoisotopic (exact) mass is 466 g/mol. The molecule has 0 nitrogen and oxygen atoms in total. The minimum absolute atomic E-state index is 2.42. The maximum Gasteiger partial charge on any atom is 0.330 e. The largest absolute Gasteiger partial charge is 0.330 e. The molecule has 160 valence electrons. The van der Waals surface area contributed by atoms with Gasteiger partial charge in [-0.1, -0.05) is 0 Å². The number of benzene rings is 2. The van der Waals surface area contributed by atoms with Gasteiger partial charge in [0.05, 0.1) is 0 Å². The lowest BCUT2D eigenvalue weighted by molar-refractivity contribution is 0.0539. The second-order valence-corrected chi connectivity index (χ2v) is 6.26. The molecule has 0 aliphatic carbocycles. The summed E-state index contributed by atoms with van der Waals surface area (Å²) in [6.07, 6.45) is 0. The van der Waals surface area contributed by atoms with Gasteiger partial charge in [-0.25, -0.2) is 43.9 Å². The molecular weight excluding hydrogens is 466 g/mol. The molecule has 0 atom stereocenters. The van der Waals surface area contributed by atoms with E-state index in [9.17, 15) is 61.5 Å². The third kappa shape index (κ3) is 3.59. The molecule has 29 heavy (non-hydrogen) atoms. The van der Waals surface area contributed by atoms with E-state index in [4.69, 9.17) is 0 Å². The van der Waals surface area contributed by atoms with Crippen LogP contribution >= 0.6 is 11.8 Å². The Kier molecular flexibility index (Phi) is 5.77. The van der Waals surface area contributed by atoms with E-state index in [1.807, 2.05) is 0 Å². The van der Waals surface area contributed by atoms with E-state index in [1.54, 1.807) is 0 Å². The molecule has 0 heterocycles. The van der Waals surface area contributed by atoms with Crippen molar-refractivity contribution in [2.45, 2.75) is 10.5 Å². The zero-order chi connectivity index (χ0) is 22.6. The van der Waals surface area contributed by atoms with E-state index in [0.29, 0.717) is 0 Å². The van der Waals surface area contributed by atoms with Crippen LogP contribution in [-0.4, -0.2) is 0 Å². The third-order valence-corrected chi connectivity index (χ3v) is 4.18. The van der Waals surface area contributed by atoms with Crippen molar-refractivity contribution in [3.8, 4) is 0 Å². The first kappa shape index (κ1) is 23.1. The third-order valence-electron chi connectivity index (χ3n) is 3.26. The predicted molar refractivity (Wildman–Crippen MR) is 67.8 cm³/mol. The first-order chi connectivity index (χ1) is 13.1. The lowest BCUT2D eigenvalue weighted by atomic mass is 10.1. The molecule has 0 saturated carbocycles. The van der Waals surface area contributed by atoms with Gasteiger partial charge in [-0.05, 0) is 11.8 Å². The summed E-state index contributed by atoms with van der Waals surface area (Å²) in [7, 11) is 0. The highest BCUT2D eigenvalue weighted by Gasteiger charge is 2.54. The SMILES string of the molecule is Fc1c(F)c(F)c(C(F)(F)SC(F)(F)c2c(F)c(F)c(F)c(F)c2F)c(F)c1F. The Morgan fingerprint density at radius 3 is 0.724 bits per heavy atom. The van der Waals surface area contributed by atoms with Crippen LogP contribution in [0.25, 0.3) is 0 Å². The van der Waals surface area contributed by atoms with Crippen LogP contribution in [-0.2, 0) is 10.5 Å². The molecule has 0 unspecified atom stereocenters. The second-order valence-electron chi connectivity index (χ2n) is 5.03. The summed E-state index contributed by atoms with van der Waals surface area (Å²) in [5.41, 5.74) is -6.25. The summed E-state index contributed by atoms with van der Waals surface area (Å²) >= 11 is -2.42. The Bertz CT molecular complexity index is 861. The molecular formula is C14F14S. The number of hydrogen-bond donors (Lipinski definition) is 0. The fourth-order valence-electron chi connectivity index (χ4n) is 1.98. The average molecular weight is 466 g/mol. The summed E-state index contributed by atoms with van der Waals surface area (Å²) < 4.78 is 187. The minimum Gasteiger partial charge on any atom is -0.203 e. The van der Waals surface area contributed by atoms with Gasteiger partial charge in [-0.15, -0.1) is 0 Å². The Labute approximate surface area is 154 Å². The van der Waals surface area contributed by atoms with Gasteiger partial charge in [0.15, 0.2) is 46.5 Å². The van der Waals surface area contributed by atoms with Crippen LogP contribution in [0.3, 0.4) is 0 Å². The Morgan fingerprint density at radius 2 is 0.517 bits per heavy atom. The van der Waals surface area contributed by atoms with Crippen LogP contribution < -0.4 is 0 Å². The van der Waals surface area contributed by atoms with Gasteiger partial charge in [0.2, 0.25) is 11.6 Å². The normalized spacial score (nSPS) is 12.6. The van der Waals surface area contributed by atoms with Gasteiger partial charge >= 0.3 is 10.5 Å². The fraction of sp³-hybridized carbons (Fsp3) is 0.143. The molecule has 2 rings (SSSR count). The van der Waals surface area contributed by atoms with Gasteiger partial charge < -0.3 is 0 Å². The predicted octanol–water partition coefficient (Wildman–Crippen LogP) is 6.61. The van der Waals surface area contributed by atoms with Crippen LogP contribution in [0.1, 0.15) is 11.1 Å². The number of rotatable bonds is 4. The molecule has 0 radical (unpaired) electrons. The Balaban J connectivity index is 2.68. The van der Waals surface area contributed by atoms with Gasteiger partial charge in [-0.3, -0.25) is 0 Å². The maximum absolute atomic E-state index is 13.9. The van der Waals surface area contributed by atoms with Crippen molar-refractivity contribution >= 4 is 11.8 Å². The molecule has 0 fully saturated rings. The highest BCUT2D eigenvalue weighted by Crippen LogP contribution is 2.55. The van der Waals surface area contributed by atoms with Gasteiger partial charge in [0.1, 0.15) is 11.1 Å². The molecule has 0 aliphatic rings. The standard InChI is InChI=1S/C14F14S/c15-3-1(4(16)8(20)11(23)7(3)19)13(25,26)29-14(27,28)2-5(17)9(21)12(24)10(22)6(2)18. The van der Waals surface area contributed by atoms with E-state index >= 15 is 0 Å². The van der Waals surface area contributed by atoms with Gasteiger partial charge in [0, 0.05) is 0 Å². The molecule has 2 aromatic carbocycles. The zero-order valence-corrected chi connectivity index (χ0v) is 13.5. The van der Waals surface area contributed by atoms with Crippen molar-refractivity contribution in [2.24, 2.45) is 0 Å². The first-order valence-corrected chi connectivity index (χ1v) is 7.37. The van der Waals surface area contributed by atoms with Crippen LogP contribution in [0.5, 0.6) is 0 Å². The quantitative estimate of drug-likeness (QED) is 0.278. The van der Waals surface area contributed by atoms with Crippen molar-refractivity contribution in [1.29, 1.82) is 0 Å².